The zero-order chi connectivity index (χ0) is 14.0. The highest BCUT2D eigenvalue weighted by molar-refractivity contribution is 5.32. The van der Waals surface area contributed by atoms with Crippen molar-refractivity contribution in [2.24, 2.45) is 0 Å². The molecule has 0 unspecified atom stereocenters. The van der Waals surface area contributed by atoms with Gasteiger partial charge in [0.15, 0.2) is 0 Å². The van der Waals surface area contributed by atoms with Crippen LogP contribution in [0.2, 0.25) is 0 Å². The summed E-state index contributed by atoms with van der Waals surface area (Å²) in [5.74, 6) is 0. The molecule has 0 aliphatic rings. The van der Waals surface area contributed by atoms with Crippen LogP contribution in [0.15, 0.2) is 54.6 Å². The summed E-state index contributed by atoms with van der Waals surface area (Å²) in [5, 5.41) is 12.3. The number of nitrogens with zero attached hydrogens (tertiary/aromatic N) is 1. The Morgan fingerprint density at radius 2 is 1.70 bits per heavy atom. The number of hydrogen-bond acceptors (Lipinski definition) is 2. The lowest BCUT2D eigenvalue weighted by Crippen LogP contribution is -2.14. The Labute approximate surface area is 121 Å². The van der Waals surface area contributed by atoms with Gasteiger partial charge in [0.05, 0.1) is 11.6 Å². The molecule has 0 saturated carbocycles. The molecule has 0 spiro atoms. The fourth-order valence-corrected chi connectivity index (χ4v) is 2.21. The van der Waals surface area contributed by atoms with Crippen LogP contribution in [0.5, 0.6) is 0 Å². The van der Waals surface area contributed by atoms with Crippen LogP contribution >= 0.6 is 0 Å². The maximum absolute atomic E-state index is 8.84. The van der Waals surface area contributed by atoms with Gasteiger partial charge in [-0.15, -0.1) is 0 Å². The Balaban J connectivity index is 1.61. The molecule has 2 heteroatoms. The molecule has 2 aromatic rings. The maximum atomic E-state index is 8.84. The van der Waals surface area contributed by atoms with Crippen molar-refractivity contribution in [1.29, 1.82) is 5.26 Å². The quantitative estimate of drug-likeness (QED) is 0.774. The molecule has 1 N–H and O–H groups in total. The van der Waals surface area contributed by atoms with E-state index in [-0.39, 0.29) is 0 Å². The minimum Gasteiger partial charge on any atom is -0.313 e. The van der Waals surface area contributed by atoms with E-state index in [0.29, 0.717) is 0 Å². The molecule has 0 bridgehead atoms. The normalized spacial score (nSPS) is 10.2. The van der Waals surface area contributed by atoms with Gasteiger partial charge < -0.3 is 5.32 Å². The molecule has 0 radical (unpaired) electrons. The van der Waals surface area contributed by atoms with Crippen molar-refractivity contribution in [3.05, 3.63) is 71.3 Å². The van der Waals surface area contributed by atoms with Crippen LogP contribution in [0.1, 0.15) is 29.5 Å². The van der Waals surface area contributed by atoms with Crippen molar-refractivity contribution >= 4 is 0 Å². The monoisotopic (exact) mass is 264 g/mol. The number of nitriles is 1. The average molecular weight is 264 g/mol. The van der Waals surface area contributed by atoms with E-state index in [1.807, 2.05) is 18.2 Å². The van der Waals surface area contributed by atoms with Crippen molar-refractivity contribution in [3.63, 3.8) is 0 Å². The van der Waals surface area contributed by atoms with E-state index in [1.54, 1.807) is 0 Å². The minimum absolute atomic E-state index is 0.730. The molecule has 2 rings (SSSR count). The minimum atomic E-state index is 0.730. The standard InChI is InChI=1S/C18H20N2/c19-14-17-10-6-11-18(13-17)15-20-12-5-4-9-16-7-2-1-3-8-16/h1-3,6-8,10-11,13,20H,4-5,9,12,15H2. The Morgan fingerprint density at radius 1 is 0.900 bits per heavy atom. The van der Waals surface area contributed by atoms with Crippen LogP contribution in [0, 0.1) is 11.3 Å². The molecule has 0 saturated heterocycles. The molecule has 0 heterocycles. The van der Waals surface area contributed by atoms with E-state index in [9.17, 15) is 0 Å². The van der Waals surface area contributed by atoms with Gasteiger partial charge in [-0.3, -0.25) is 0 Å². The number of nitrogens with one attached hydrogen (secondary N) is 1. The fraction of sp³-hybridized carbons (Fsp3) is 0.278. The molecular formula is C18H20N2. The second kappa shape index (κ2) is 8.14. The number of unbranched alkanes of at least 4 members (excludes halogenated alkanes) is 1. The second-order valence-corrected chi connectivity index (χ2v) is 4.93. The Kier molecular flexibility index (Phi) is 5.82. The number of rotatable bonds is 7. The van der Waals surface area contributed by atoms with Gasteiger partial charge in [0, 0.05) is 6.54 Å². The molecule has 0 aromatic heterocycles. The summed E-state index contributed by atoms with van der Waals surface area (Å²) in [6, 6.07) is 20.5. The molecular weight excluding hydrogens is 244 g/mol. The van der Waals surface area contributed by atoms with Crippen LogP contribution in [0.4, 0.5) is 0 Å². The second-order valence-electron chi connectivity index (χ2n) is 4.93. The van der Waals surface area contributed by atoms with Gasteiger partial charge in [0.2, 0.25) is 0 Å². The topological polar surface area (TPSA) is 35.8 Å². The van der Waals surface area contributed by atoms with E-state index >= 15 is 0 Å². The molecule has 20 heavy (non-hydrogen) atoms. The first-order valence-corrected chi connectivity index (χ1v) is 7.12. The summed E-state index contributed by atoms with van der Waals surface area (Å²) in [7, 11) is 0. The van der Waals surface area contributed by atoms with Gasteiger partial charge in [-0.1, -0.05) is 42.5 Å². The summed E-state index contributed by atoms with van der Waals surface area (Å²) in [6.45, 7) is 1.85. The van der Waals surface area contributed by atoms with Crippen molar-refractivity contribution in [1.82, 2.24) is 5.32 Å². The molecule has 102 valence electrons. The highest BCUT2D eigenvalue weighted by atomic mass is 14.8. The molecule has 0 amide bonds. The van der Waals surface area contributed by atoms with Gasteiger partial charge in [0.1, 0.15) is 0 Å². The average Bonchev–Trinajstić information content (AvgIpc) is 2.52. The zero-order valence-electron chi connectivity index (χ0n) is 11.7. The summed E-state index contributed by atoms with van der Waals surface area (Å²) in [6.07, 6.45) is 3.52. The third-order valence-corrected chi connectivity index (χ3v) is 3.30. The first-order chi connectivity index (χ1) is 9.88. The molecule has 0 atom stereocenters. The molecule has 0 aliphatic heterocycles. The third kappa shape index (κ3) is 4.87. The van der Waals surface area contributed by atoms with Crippen molar-refractivity contribution < 1.29 is 0 Å². The van der Waals surface area contributed by atoms with Crippen molar-refractivity contribution in [2.75, 3.05) is 6.54 Å². The Morgan fingerprint density at radius 3 is 2.50 bits per heavy atom. The number of aryl methyl sites for hydroxylation is 1. The van der Waals surface area contributed by atoms with Crippen LogP contribution in [-0.4, -0.2) is 6.54 Å². The smallest absolute Gasteiger partial charge is 0.0991 e. The molecule has 0 aliphatic carbocycles. The van der Waals surface area contributed by atoms with Gasteiger partial charge >= 0.3 is 0 Å². The number of benzene rings is 2. The maximum Gasteiger partial charge on any atom is 0.0991 e. The van der Waals surface area contributed by atoms with Crippen molar-refractivity contribution in [3.8, 4) is 6.07 Å². The van der Waals surface area contributed by atoms with E-state index in [0.717, 1.165) is 25.1 Å². The third-order valence-electron chi connectivity index (χ3n) is 3.30. The predicted molar refractivity (Wildman–Crippen MR) is 82.2 cm³/mol. The largest absolute Gasteiger partial charge is 0.313 e. The lowest BCUT2D eigenvalue weighted by atomic mass is 10.1. The first-order valence-electron chi connectivity index (χ1n) is 7.12. The van der Waals surface area contributed by atoms with Crippen LogP contribution in [0.25, 0.3) is 0 Å². The van der Waals surface area contributed by atoms with E-state index < -0.39 is 0 Å². The van der Waals surface area contributed by atoms with Crippen LogP contribution in [0.3, 0.4) is 0 Å². The van der Waals surface area contributed by atoms with Gasteiger partial charge in [-0.05, 0) is 49.1 Å². The molecule has 2 aromatic carbocycles. The highest BCUT2D eigenvalue weighted by Gasteiger charge is 1.96. The first kappa shape index (κ1) is 14.3. The van der Waals surface area contributed by atoms with Crippen LogP contribution < -0.4 is 5.32 Å². The lowest BCUT2D eigenvalue weighted by Gasteiger charge is -2.05. The summed E-state index contributed by atoms with van der Waals surface area (Å²) < 4.78 is 0. The highest BCUT2D eigenvalue weighted by Crippen LogP contribution is 2.05. The molecule has 2 nitrogen and oxygen atoms in total. The fourth-order valence-electron chi connectivity index (χ4n) is 2.21. The Bertz CT molecular complexity index is 555. The van der Waals surface area contributed by atoms with E-state index in [4.69, 9.17) is 5.26 Å². The lowest BCUT2D eigenvalue weighted by molar-refractivity contribution is 0.623. The Hall–Kier alpha value is -2.11. The van der Waals surface area contributed by atoms with Gasteiger partial charge in [-0.25, -0.2) is 0 Å². The van der Waals surface area contributed by atoms with Crippen LogP contribution in [-0.2, 0) is 13.0 Å². The SMILES string of the molecule is N#Cc1cccc(CNCCCCc2ccccc2)c1. The van der Waals surface area contributed by atoms with E-state index in [1.165, 1.54) is 24.0 Å². The zero-order valence-corrected chi connectivity index (χ0v) is 11.7. The molecule has 0 fully saturated rings. The van der Waals surface area contributed by atoms with Gasteiger partial charge in [0.25, 0.3) is 0 Å². The van der Waals surface area contributed by atoms with Gasteiger partial charge in [-0.2, -0.15) is 5.26 Å². The van der Waals surface area contributed by atoms with Crippen molar-refractivity contribution in [2.45, 2.75) is 25.8 Å². The summed E-state index contributed by atoms with van der Waals surface area (Å²) in [5.41, 5.74) is 3.31. The predicted octanol–water partition coefficient (Wildman–Crippen LogP) is 3.67. The number of hydrogen-bond donors (Lipinski definition) is 1. The van der Waals surface area contributed by atoms with E-state index in [2.05, 4.69) is 47.8 Å². The summed E-state index contributed by atoms with van der Waals surface area (Å²) in [4.78, 5) is 0. The summed E-state index contributed by atoms with van der Waals surface area (Å²) >= 11 is 0.